The van der Waals surface area contributed by atoms with E-state index in [0.717, 1.165) is 10.5 Å². The van der Waals surface area contributed by atoms with E-state index >= 15 is 0 Å². The fourth-order valence-electron chi connectivity index (χ4n) is 2.33. The number of carbonyl (C=O) groups is 2. The maximum atomic E-state index is 11.8. The number of furan rings is 1. The number of hydrogen-bond acceptors (Lipinski definition) is 6. The summed E-state index contributed by atoms with van der Waals surface area (Å²) in [6, 6.07) is 20.3. The van der Waals surface area contributed by atoms with Crippen LogP contribution in [-0.2, 0) is 16.1 Å². The second-order valence-electron chi connectivity index (χ2n) is 6.11. The Bertz CT molecular complexity index is 958. The number of hydrogen-bond donors (Lipinski definition) is 2. The van der Waals surface area contributed by atoms with Crippen LogP contribution in [0.15, 0.2) is 87.4 Å². The first kappa shape index (κ1) is 21.2. The SMILES string of the molecule is O=C(COc1ccc(/C=N\NC(=O)CSc2ccccc2)cc1)NCc1ccco1. The second kappa shape index (κ2) is 11.5. The molecule has 8 heteroatoms. The first-order chi connectivity index (χ1) is 14.7. The van der Waals surface area contributed by atoms with Crippen molar-refractivity contribution in [3.05, 3.63) is 84.3 Å². The Morgan fingerprint density at radius 2 is 1.80 bits per heavy atom. The third-order valence-electron chi connectivity index (χ3n) is 3.81. The molecule has 2 N–H and O–H groups in total. The minimum absolute atomic E-state index is 0.0940. The van der Waals surface area contributed by atoms with Gasteiger partial charge in [-0.1, -0.05) is 18.2 Å². The zero-order chi connectivity index (χ0) is 21.0. The highest BCUT2D eigenvalue weighted by Gasteiger charge is 2.04. The normalized spacial score (nSPS) is 10.7. The van der Waals surface area contributed by atoms with Crippen molar-refractivity contribution in [3.63, 3.8) is 0 Å². The number of amides is 2. The highest BCUT2D eigenvalue weighted by atomic mass is 32.2. The second-order valence-corrected chi connectivity index (χ2v) is 7.16. The van der Waals surface area contributed by atoms with Gasteiger partial charge in [-0.15, -0.1) is 11.8 Å². The summed E-state index contributed by atoms with van der Waals surface area (Å²) in [5, 5.41) is 6.66. The molecule has 2 aromatic carbocycles. The smallest absolute Gasteiger partial charge is 0.258 e. The van der Waals surface area contributed by atoms with Crippen LogP contribution in [0.2, 0.25) is 0 Å². The number of thioether (sulfide) groups is 1. The average molecular weight is 423 g/mol. The molecule has 0 bridgehead atoms. The highest BCUT2D eigenvalue weighted by molar-refractivity contribution is 8.00. The molecule has 0 aliphatic heterocycles. The van der Waals surface area contributed by atoms with Gasteiger partial charge in [0.2, 0.25) is 5.91 Å². The van der Waals surface area contributed by atoms with Crippen LogP contribution in [-0.4, -0.2) is 30.4 Å². The summed E-state index contributed by atoms with van der Waals surface area (Å²) in [5.74, 6) is 1.10. The van der Waals surface area contributed by atoms with Crippen LogP contribution in [0.1, 0.15) is 11.3 Å². The van der Waals surface area contributed by atoms with Crippen molar-refractivity contribution in [3.8, 4) is 5.75 Å². The van der Waals surface area contributed by atoms with Gasteiger partial charge in [-0.25, -0.2) is 5.43 Å². The van der Waals surface area contributed by atoms with Crippen LogP contribution in [0.25, 0.3) is 0 Å². The molecule has 0 spiro atoms. The van der Waals surface area contributed by atoms with Crippen molar-refractivity contribution in [1.82, 2.24) is 10.7 Å². The minimum atomic E-state index is -0.242. The molecule has 0 aliphatic carbocycles. The highest BCUT2D eigenvalue weighted by Crippen LogP contribution is 2.16. The van der Waals surface area contributed by atoms with Gasteiger partial charge >= 0.3 is 0 Å². The van der Waals surface area contributed by atoms with E-state index in [4.69, 9.17) is 9.15 Å². The van der Waals surface area contributed by atoms with Crippen LogP contribution in [0.5, 0.6) is 5.75 Å². The zero-order valence-electron chi connectivity index (χ0n) is 16.1. The lowest BCUT2D eigenvalue weighted by molar-refractivity contribution is -0.123. The maximum absolute atomic E-state index is 11.8. The number of benzene rings is 2. The molecule has 7 nitrogen and oxygen atoms in total. The van der Waals surface area contributed by atoms with Crippen LogP contribution in [0, 0.1) is 0 Å². The maximum Gasteiger partial charge on any atom is 0.258 e. The predicted molar refractivity (Wildman–Crippen MR) is 115 cm³/mol. The number of ether oxygens (including phenoxy) is 1. The fourth-order valence-corrected chi connectivity index (χ4v) is 3.04. The van der Waals surface area contributed by atoms with Crippen molar-refractivity contribution in [1.29, 1.82) is 0 Å². The topological polar surface area (TPSA) is 92.9 Å². The van der Waals surface area contributed by atoms with E-state index in [9.17, 15) is 9.59 Å². The standard InChI is InChI=1S/C22H21N3O4S/c26-21(23-14-19-5-4-12-28-19)15-29-18-10-8-17(9-11-18)13-24-25-22(27)16-30-20-6-2-1-3-7-20/h1-13H,14-16H2,(H,23,26)(H,25,27)/b24-13-. The molecular weight excluding hydrogens is 402 g/mol. The van der Waals surface area contributed by atoms with Gasteiger partial charge in [0, 0.05) is 4.90 Å². The van der Waals surface area contributed by atoms with Gasteiger partial charge in [-0.05, 0) is 54.1 Å². The molecule has 1 aromatic heterocycles. The predicted octanol–water partition coefficient (Wildman–Crippen LogP) is 3.22. The lowest BCUT2D eigenvalue weighted by Crippen LogP contribution is -2.28. The van der Waals surface area contributed by atoms with Gasteiger partial charge < -0.3 is 14.5 Å². The third kappa shape index (κ3) is 7.48. The third-order valence-corrected chi connectivity index (χ3v) is 4.82. The summed E-state index contributed by atoms with van der Waals surface area (Å²) in [4.78, 5) is 24.6. The van der Waals surface area contributed by atoms with Gasteiger partial charge in [-0.3, -0.25) is 9.59 Å². The number of nitrogens with one attached hydrogen (secondary N) is 2. The Balaban J connectivity index is 1.35. The molecule has 0 saturated carbocycles. The molecule has 3 rings (SSSR count). The summed E-state index contributed by atoms with van der Waals surface area (Å²) in [5.41, 5.74) is 3.29. The molecule has 1 heterocycles. The lowest BCUT2D eigenvalue weighted by atomic mass is 10.2. The summed E-state index contributed by atoms with van der Waals surface area (Å²) in [6.45, 7) is 0.226. The van der Waals surface area contributed by atoms with Crippen LogP contribution >= 0.6 is 11.8 Å². The first-order valence-electron chi connectivity index (χ1n) is 9.21. The van der Waals surface area contributed by atoms with E-state index in [2.05, 4.69) is 15.8 Å². The van der Waals surface area contributed by atoms with Gasteiger partial charge in [0.15, 0.2) is 6.61 Å². The average Bonchev–Trinajstić information content (AvgIpc) is 3.30. The molecule has 2 amide bonds. The first-order valence-corrected chi connectivity index (χ1v) is 10.2. The Labute approximate surface area is 178 Å². The van der Waals surface area contributed by atoms with Crippen LogP contribution in [0.4, 0.5) is 0 Å². The zero-order valence-corrected chi connectivity index (χ0v) is 16.9. The number of carbonyl (C=O) groups excluding carboxylic acids is 2. The van der Waals surface area contributed by atoms with E-state index in [0.29, 0.717) is 18.1 Å². The molecule has 3 aromatic rings. The van der Waals surface area contributed by atoms with Crippen molar-refractivity contribution < 1.29 is 18.7 Å². The van der Waals surface area contributed by atoms with Gasteiger partial charge in [0.1, 0.15) is 11.5 Å². The summed E-state index contributed by atoms with van der Waals surface area (Å²) in [7, 11) is 0. The molecule has 0 saturated heterocycles. The number of rotatable bonds is 10. The van der Waals surface area contributed by atoms with E-state index in [-0.39, 0.29) is 24.2 Å². The minimum Gasteiger partial charge on any atom is -0.484 e. The Morgan fingerprint density at radius 1 is 1.00 bits per heavy atom. The Hall–Kier alpha value is -3.52. The van der Waals surface area contributed by atoms with E-state index in [1.165, 1.54) is 11.8 Å². The van der Waals surface area contributed by atoms with Crippen LogP contribution in [0.3, 0.4) is 0 Å². The van der Waals surface area contributed by atoms with Gasteiger partial charge in [0.25, 0.3) is 5.91 Å². The molecule has 0 fully saturated rings. The molecule has 30 heavy (non-hydrogen) atoms. The summed E-state index contributed by atoms with van der Waals surface area (Å²) in [6.07, 6.45) is 3.10. The number of hydrazone groups is 1. The van der Waals surface area contributed by atoms with E-state index in [1.54, 1.807) is 48.9 Å². The number of nitrogens with zero attached hydrogens (tertiary/aromatic N) is 1. The Morgan fingerprint density at radius 3 is 2.53 bits per heavy atom. The summed E-state index contributed by atoms with van der Waals surface area (Å²) >= 11 is 1.45. The molecule has 154 valence electrons. The molecule has 0 aliphatic rings. The monoisotopic (exact) mass is 423 g/mol. The van der Waals surface area contributed by atoms with Crippen LogP contribution < -0.4 is 15.5 Å². The van der Waals surface area contributed by atoms with Crippen molar-refractivity contribution in [2.75, 3.05) is 12.4 Å². The molecule has 0 atom stereocenters. The van der Waals surface area contributed by atoms with Crippen molar-refractivity contribution in [2.24, 2.45) is 5.10 Å². The fraction of sp³-hybridized carbons (Fsp3) is 0.136. The van der Waals surface area contributed by atoms with Gasteiger partial charge in [0.05, 0.1) is 24.8 Å². The van der Waals surface area contributed by atoms with E-state index in [1.807, 2.05) is 30.3 Å². The molecule has 0 unspecified atom stereocenters. The van der Waals surface area contributed by atoms with Crippen molar-refractivity contribution >= 4 is 29.8 Å². The van der Waals surface area contributed by atoms with Gasteiger partial charge in [-0.2, -0.15) is 5.10 Å². The molecular formula is C22H21N3O4S. The quantitative estimate of drug-likeness (QED) is 0.297. The lowest BCUT2D eigenvalue weighted by Gasteiger charge is -2.06. The largest absolute Gasteiger partial charge is 0.484 e. The molecule has 0 radical (unpaired) electrons. The van der Waals surface area contributed by atoms with E-state index < -0.39 is 0 Å². The van der Waals surface area contributed by atoms with Crippen molar-refractivity contribution in [2.45, 2.75) is 11.4 Å². The Kier molecular flexibility index (Phi) is 8.11. The summed E-state index contributed by atoms with van der Waals surface area (Å²) < 4.78 is 10.6.